The Bertz CT molecular complexity index is 1020. The van der Waals surface area contributed by atoms with E-state index in [0.717, 1.165) is 11.1 Å². The largest absolute Gasteiger partial charge is 0.493 e. The maximum Gasteiger partial charge on any atom is 0.262 e. The van der Waals surface area contributed by atoms with Crippen molar-refractivity contribution < 1.29 is 19.1 Å². The van der Waals surface area contributed by atoms with Gasteiger partial charge in [-0.25, -0.2) is 0 Å². The van der Waals surface area contributed by atoms with Gasteiger partial charge in [0.05, 0.1) is 13.5 Å². The maximum absolute atomic E-state index is 12.3. The monoisotopic (exact) mass is 404 g/mol. The lowest BCUT2D eigenvalue weighted by Gasteiger charge is -2.12. The van der Waals surface area contributed by atoms with Crippen LogP contribution in [0.15, 0.2) is 72.8 Å². The predicted molar refractivity (Wildman–Crippen MR) is 117 cm³/mol. The topological polar surface area (TPSA) is 76.7 Å². The van der Waals surface area contributed by atoms with Crippen molar-refractivity contribution in [3.05, 3.63) is 83.9 Å². The summed E-state index contributed by atoms with van der Waals surface area (Å²) in [5.74, 6) is 0.635. The molecule has 2 N–H and O–H groups in total. The van der Waals surface area contributed by atoms with E-state index in [2.05, 4.69) is 10.6 Å². The van der Waals surface area contributed by atoms with E-state index in [1.54, 1.807) is 37.4 Å². The zero-order chi connectivity index (χ0) is 21.3. The molecule has 0 fully saturated rings. The molecule has 0 saturated heterocycles. The molecule has 0 aromatic heterocycles. The Hall–Kier alpha value is -3.80. The molecule has 154 valence electrons. The average Bonchev–Trinajstić information content (AvgIpc) is 2.73. The van der Waals surface area contributed by atoms with Crippen LogP contribution in [0.3, 0.4) is 0 Å². The number of amides is 2. The zero-order valence-corrected chi connectivity index (χ0v) is 17.0. The minimum Gasteiger partial charge on any atom is -0.493 e. The molecule has 0 aliphatic carbocycles. The molecule has 0 radical (unpaired) electrons. The number of hydrogen-bond donors (Lipinski definition) is 2. The maximum atomic E-state index is 12.3. The van der Waals surface area contributed by atoms with Crippen LogP contribution >= 0.6 is 0 Å². The van der Waals surface area contributed by atoms with Crippen molar-refractivity contribution in [2.75, 3.05) is 24.4 Å². The van der Waals surface area contributed by atoms with Gasteiger partial charge < -0.3 is 20.1 Å². The molecule has 6 heteroatoms. The number of rotatable bonds is 8. The lowest BCUT2D eigenvalue weighted by molar-refractivity contribution is -0.118. The third kappa shape index (κ3) is 6.10. The molecule has 3 aromatic rings. The van der Waals surface area contributed by atoms with Crippen LogP contribution in [0.25, 0.3) is 0 Å². The molecular formula is C24H24N2O4. The number of aryl methyl sites for hydroxylation is 1. The van der Waals surface area contributed by atoms with E-state index >= 15 is 0 Å². The van der Waals surface area contributed by atoms with Crippen LogP contribution in [0, 0.1) is 6.92 Å². The second-order valence-electron chi connectivity index (χ2n) is 6.78. The van der Waals surface area contributed by atoms with E-state index in [-0.39, 0.29) is 24.8 Å². The third-order valence-electron chi connectivity index (χ3n) is 4.32. The molecule has 0 spiro atoms. The zero-order valence-electron chi connectivity index (χ0n) is 17.0. The van der Waals surface area contributed by atoms with Gasteiger partial charge in [0.2, 0.25) is 5.91 Å². The fraction of sp³-hybridized carbons (Fsp3) is 0.167. The highest BCUT2D eigenvalue weighted by molar-refractivity contribution is 5.95. The Morgan fingerprint density at radius 3 is 2.20 bits per heavy atom. The minimum absolute atomic E-state index is 0.125. The molecule has 3 aromatic carbocycles. The van der Waals surface area contributed by atoms with Gasteiger partial charge in [-0.3, -0.25) is 9.59 Å². The second kappa shape index (κ2) is 10.1. The minimum atomic E-state index is -0.314. The van der Waals surface area contributed by atoms with Gasteiger partial charge in [-0.15, -0.1) is 0 Å². The number of carbonyl (C=O) groups is 2. The number of hydrogen-bond acceptors (Lipinski definition) is 4. The highest BCUT2D eigenvalue weighted by Gasteiger charge is 2.09. The third-order valence-corrected chi connectivity index (χ3v) is 4.32. The van der Waals surface area contributed by atoms with E-state index in [1.807, 2.05) is 49.4 Å². The van der Waals surface area contributed by atoms with Gasteiger partial charge in [-0.2, -0.15) is 0 Å². The summed E-state index contributed by atoms with van der Waals surface area (Å²) in [5.41, 5.74) is 3.14. The summed E-state index contributed by atoms with van der Waals surface area (Å²) in [7, 11) is 1.55. The SMILES string of the molecule is COc1cc(C)ccc1OCC(=O)Nc1cccc(NC(=O)Cc2ccccc2)c1. The predicted octanol–water partition coefficient (Wildman–Crippen LogP) is 4.20. The number of methoxy groups -OCH3 is 1. The van der Waals surface area contributed by atoms with Crippen molar-refractivity contribution in [2.24, 2.45) is 0 Å². The van der Waals surface area contributed by atoms with Crippen LogP contribution in [-0.4, -0.2) is 25.5 Å². The molecule has 0 unspecified atom stereocenters. The van der Waals surface area contributed by atoms with Crippen LogP contribution < -0.4 is 20.1 Å². The van der Waals surface area contributed by atoms with Crippen LogP contribution in [0.2, 0.25) is 0 Å². The number of ether oxygens (including phenoxy) is 2. The first-order valence-electron chi connectivity index (χ1n) is 9.54. The summed E-state index contributed by atoms with van der Waals surface area (Å²) >= 11 is 0. The van der Waals surface area contributed by atoms with Crippen LogP contribution in [-0.2, 0) is 16.0 Å². The Kier molecular flexibility index (Phi) is 7.05. The van der Waals surface area contributed by atoms with E-state index < -0.39 is 0 Å². The number of anilines is 2. The second-order valence-corrected chi connectivity index (χ2v) is 6.78. The van der Waals surface area contributed by atoms with Crippen molar-refractivity contribution in [2.45, 2.75) is 13.3 Å². The highest BCUT2D eigenvalue weighted by atomic mass is 16.5. The van der Waals surface area contributed by atoms with Crippen LogP contribution in [0.4, 0.5) is 11.4 Å². The highest BCUT2D eigenvalue weighted by Crippen LogP contribution is 2.27. The number of carbonyl (C=O) groups excluding carboxylic acids is 2. The average molecular weight is 404 g/mol. The van der Waals surface area contributed by atoms with Gasteiger partial charge in [0, 0.05) is 11.4 Å². The molecule has 0 aliphatic rings. The Morgan fingerprint density at radius 2 is 1.50 bits per heavy atom. The van der Waals surface area contributed by atoms with Gasteiger partial charge in [0.25, 0.3) is 5.91 Å². The summed E-state index contributed by atoms with van der Waals surface area (Å²) in [6, 6.07) is 22.0. The first-order valence-corrected chi connectivity index (χ1v) is 9.54. The molecule has 3 rings (SSSR count). The van der Waals surface area contributed by atoms with Crippen molar-refractivity contribution >= 4 is 23.2 Å². The summed E-state index contributed by atoms with van der Waals surface area (Å²) in [6.45, 7) is 1.79. The fourth-order valence-corrected chi connectivity index (χ4v) is 2.90. The normalized spacial score (nSPS) is 10.2. The van der Waals surface area contributed by atoms with Crippen LogP contribution in [0.5, 0.6) is 11.5 Å². The Morgan fingerprint density at radius 1 is 0.800 bits per heavy atom. The summed E-state index contributed by atoms with van der Waals surface area (Å²) in [6.07, 6.45) is 0.281. The van der Waals surface area contributed by atoms with Crippen LogP contribution in [0.1, 0.15) is 11.1 Å². The smallest absolute Gasteiger partial charge is 0.262 e. The summed E-state index contributed by atoms with van der Waals surface area (Å²) in [4.78, 5) is 24.5. The Balaban J connectivity index is 1.54. The van der Waals surface area contributed by atoms with Gasteiger partial charge in [0.15, 0.2) is 18.1 Å². The number of benzene rings is 3. The van der Waals surface area contributed by atoms with Crippen molar-refractivity contribution in [3.63, 3.8) is 0 Å². The van der Waals surface area contributed by atoms with Gasteiger partial charge in [0.1, 0.15) is 0 Å². The Labute approximate surface area is 175 Å². The van der Waals surface area contributed by atoms with E-state index in [4.69, 9.17) is 9.47 Å². The molecule has 0 saturated carbocycles. The fourth-order valence-electron chi connectivity index (χ4n) is 2.90. The molecule has 0 heterocycles. The van der Waals surface area contributed by atoms with Gasteiger partial charge in [-0.05, 0) is 48.4 Å². The summed E-state index contributed by atoms with van der Waals surface area (Å²) < 4.78 is 10.8. The quantitative estimate of drug-likeness (QED) is 0.590. The van der Waals surface area contributed by atoms with E-state index in [9.17, 15) is 9.59 Å². The van der Waals surface area contributed by atoms with Crippen molar-refractivity contribution in [1.29, 1.82) is 0 Å². The van der Waals surface area contributed by atoms with Crippen molar-refractivity contribution in [3.8, 4) is 11.5 Å². The molecule has 0 bridgehead atoms. The standard InChI is InChI=1S/C24H24N2O4/c1-17-11-12-21(22(13-17)29-2)30-16-24(28)26-20-10-6-9-19(15-20)25-23(27)14-18-7-4-3-5-8-18/h3-13,15H,14,16H2,1-2H3,(H,25,27)(H,26,28). The number of nitrogens with one attached hydrogen (secondary N) is 2. The lowest BCUT2D eigenvalue weighted by Crippen LogP contribution is -2.20. The molecule has 2 amide bonds. The first kappa shape index (κ1) is 20.9. The molecule has 30 heavy (non-hydrogen) atoms. The molecule has 0 atom stereocenters. The molecule has 0 aliphatic heterocycles. The lowest BCUT2D eigenvalue weighted by atomic mass is 10.1. The van der Waals surface area contributed by atoms with E-state index in [1.165, 1.54) is 0 Å². The van der Waals surface area contributed by atoms with Gasteiger partial charge in [-0.1, -0.05) is 42.5 Å². The van der Waals surface area contributed by atoms with E-state index in [0.29, 0.717) is 22.9 Å². The van der Waals surface area contributed by atoms with Crippen molar-refractivity contribution in [1.82, 2.24) is 0 Å². The molecule has 6 nitrogen and oxygen atoms in total. The first-order chi connectivity index (χ1) is 14.5. The van der Waals surface area contributed by atoms with Gasteiger partial charge >= 0.3 is 0 Å². The molecular weight excluding hydrogens is 380 g/mol. The summed E-state index contributed by atoms with van der Waals surface area (Å²) in [5, 5.41) is 5.61.